The molecule has 0 aromatic heterocycles. The molecule has 246 valence electrons. The Balaban J connectivity index is 1.28. The minimum Gasteiger partial charge on any atom is -0.459 e. The van der Waals surface area contributed by atoms with Gasteiger partial charge in [-0.25, -0.2) is 9.59 Å². The molecular weight excluding hydrogens is 648 g/mol. The van der Waals surface area contributed by atoms with Crippen molar-refractivity contribution in [2.75, 3.05) is 0 Å². The molecular formula is C34H32O11S2. The van der Waals surface area contributed by atoms with Crippen molar-refractivity contribution in [3.05, 3.63) is 60.7 Å². The molecule has 11 nitrogen and oxygen atoms in total. The van der Waals surface area contributed by atoms with Crippen LogP contribution in [-0.2, 0) is 42.8 Å². The third kappa shape index (κ3) is 3.57. The number of fused-ring (bicyclic) bond motifs is 1. The molecule has 2 spiro atoms. The maximum absolute atomic E-state index is 14.5. The number of hydrogen-bond acceptors (Lipinski definition) is 13. The summed E-state index contributed by atoms with van der Waals surface area (Å²) in [4.78, 5) is 41.7. The molecule has 2 aromatic carbocycles. The van der Waals surface area contributed by atoms with E-state index in [1.165, 1.54) is 0 Å². The molecule has 2 aromatic rings. The van der Waals surface area contributed by atoms with E-state index in [0.717, 1.165) is 0 Å². The first kappa shape index (κ1) is 30.5. The number of rotatable bonds is 4. The van der Waals surface area contributed by atoms with Crippen LogP contribution in [-0.4, -0.2) is 64.2 Å². The first-order valence-electron chi connectivity index (χ1n) is 15.5. The van der Waals surface area contributed by atoms with Crippen molar-refractivity contribution in [2.24, 2.45) is 28.1 Å². The van der Waals surface area contributed by atoms with Crippen LogP contribution in [0, 0.1) is 28.1 Å². The number of ether oxygens (including phenoxy) is 8. The standard InChI is InChI=1S/C34H32O11S2/c1-17-24(35)40-22-16-31-21-15-20(30(2,3)4)32(31)23(42-28(46)38-18-11-7-5-8-12-18)25(36)43-27(32)44-34(31,26(37)41-21)33(17,22)45-29(47)39-19-13-9-6-10-14-19/h5-14,17,20-23,27H,15-16H2,1-4H3/t17-,20?,21?,22?,23+,27?,31?,32?,33-,34?/m1/s1. The Kier molecular flexibility index (Phi) is 6.40. The van der Waals surface area contributed by atoms with E-state index >= 15 is 0 Å². The summed E-state index contributed by atoms with van der Waals surface area (Å²) in [6.45, 7) is 7.71. The number of para-hydroxylation sites is 2. The lowest BCUT2D eigenvalue weighted by molar-refractivity contribution is -0.236. The van der Waals surface area contributed by atoms with Crippen molar-refractivity contribution in [1.29, 1.82) is 0 Å². The molecule has 6 aliphatic rings. The number of carbonyl (C=O) groups is 3. The van der Waals surface area contributed by atoms with Crippen LogP contribution in [0.1, 0.15) is 40.5 Å². The molecule has 10 atom stereocenters. The average molecular weight is 681 g/mol. The summed E-state index contributed by atoms with van der Waals surface area (Å²) in [6, 6.07) is 17.5. The van der Waals surface area contributed by atoms with Crippen LogP contribution in [0.25, 0.3) is 0 Å². The van der Waals surface area contributed by atoms with Gasteiger partial charge in [-0.05, 0) is 48.9 Å². The van der Waals surface area contributed by atoms with Crippen molar-refractivity contribution in [1.82, 2.24) is 0 Å². The third-order valence-electron chi connectivity index (χ3n) is 11.3. The van der Waals surface area contributed by atoms with Gasteiger partial charge in [-0.2, -0.15) is 0 Å². The van der Waals surface area contributed by atoms with E-state index < -0.39 is 75.9 Å². The predicted octanol–water partition coefficient (Wildman–Crippen LogP) is 4.44. The van der Waals surface area contributed by atoms with E-state index in [4.69, 9.17) is 62.3 Å². The topological polar surface area (TPSA) is 125 Å². The Labute approximate surface area is 281 Å². The van der Waals surface area contributed by atoms with Gasteiger partial charge in [0.1, 0.15) is 29.6 Å². The van der Waals surface area contributed by atoms with Crippen molar-refractivity contribution in [3.8, 4) is 11.5 Å². The summed E-state index contributed by atoms with van der Waals surface area (Å²) in [5, 5.41) is -0.638. The molecule has 4 heterocycles. The maximum Gasteiger partial charge on any atom is 0.358 e. The van der Waals surface area contributed by atoms with Crippen molar-refractivity contribution in [2.45, 2.75) is 76.3 Å². The van der Waals surface area contributed by atoms with Gasteiger partial charge < -0.3 is 37.9 Å². The van der Waals surface area contributed by atoms with Crippen LogP contribution in [0.15, 0.2) is 60.7 Å². The fourth-order valence-corrected chi connectivity index (χ4v) is 10.3. The second-order valence-corrected chi connectivity index (χ2v) is 14.8. The van der Waals surface area contributed by atoms with Crippen LogP contribution < -0.4 is 9.47 Å². The second kappa shape index (κ2) is 9.86. The van der Waals surface area contributed by atoms with Gasteiger partial charge in [0.25, 0.3) is 0 Å². The molecule has 13 heteroatoms. The van der Waals surface area contributed by atoms with Gasteiger partial charge in [0.2, 0.25) is 23.6 Å². The Morgan fingerprint density at radius 3 is 2.06 bits per heavy atom. The minimum atomic E-state index is -2.00. The first-order chi connectivity index (χ1) is 22.3. The Hall–Kier alpha value is -3.81. The molecule has 47 heavy (non-hydrogen) atoms. The third-order valence-corrected chi connectivity index (χ3v) is 11.6. The Bertz CT molecular complexity index is 1710. The van der Waals surface area contributed by atoms with Crippen LogP contribution >= 0.6 is 24.4 Å². The first-order valence-corrected chi connectivity index (χ1v) is 16.3. The highest BCUT2D eigenvalue weighted by Crippen LogP contribution is 2.85. The molecule has 4 aliphatic heterocycles. The minimum absolute atomic E-state index is 0.0410. The van der Waals surface area contributed by atoms with E-state index in [1.807, 2.05) is 32.9 Å². The van der Waals surface area contributed by atoms with Gasteiger partial charge in [-0.1, -0.05) is 57.2 Å². The Morgan fingerprint density at radius 1 is 0.830 bits per heavy atom. The number of hydrogen-bond donors (Lipinski definition) is 0. The van der Waals surface area contributed by atoms with Crippen LogP contribution in [0.2, 0.25) is 0 Å². The molecule has 0 radical (unpaired) electrons. The summed E-state index contributed by atoms with van der Waals surface area (Å²) in [5.41, 5.74) is -7.00. The molecule has 0 amide bonds. The molecule has 2 aliphatic carbocycles. The highest BCUT2D eigenvalue weighted by atomic mass is 32.1. The SMILES string of the molecule is C[C@@H]1C(=O)OC2CC34C5CC(C(C)(C)C)C36C(OC(=O)[C@@H]6OC(=S)Oc3ccccc3)OC4(C(=O)O5)[C@]21OC(=S)Oc1ccccc1. The number of benzene rings is 2. The second-order valence-electron chi connectivity index (χ2n) is 14.1. The number of esters is 3. The van der Waals surface area contributed by atoms with Crippen molar-refractivity contribution < 1.29 is 52.3 Å². The van der Waals surface area contributed by atoms with Gasteiger partial charge in [-0.3, -0.25) is 4.79 Å². The van der Waals surface area contributed by atoms with Crippen molar-refractivity contribution >= 4 is 52.8 Å². The largest absolute Gasteiger partial charge is 0.459 e. The van der Waals surface area contributed by atoms with Gasteiger partial charge >= 0.3 is 28.4 Å². The summed E-state index contributed by atoms with van der Waals surface area (Å²) in [7, 11) is 0. The van der Waals surface area contributed by atoms with E-state index in [1.54, 1.807) is 55.5 Å². The molecule has 4 saturated heterocycles. The van der Waals surface area contributed by atoms with Gasteiger partial charge in [0, 0.05) is 30.9 Å². The average Bonchev–Trinajstić information content (AvgIpc) is 3.73. The molecule has 6 fully saturated rings. The zero-order chi connectivity index (χ0) is 33.1. The molecule has 7 unspecified atom stereocenters. The van der Waals surface area contributed by atoms with E-state index in [2.05, 4.69) is 0 Å². The highest BCUT2D eigenvalue weighted by Gasteiger charge is 3.02. The zero-order valence-corrected chi connectivity index (χ0v) is 27.6. The van der Waals surface area contributed by atoms with Crippen LogP contribution in [0.4, 0.5) is 0 Å². The van der Waals surface area contributed by atoms with Crippen molar-refractivity contribution in [3.63, 3.8) is 0 Å². The highest BCUT2D eigenvalue weighted by molar-refractivity contribution is 7.80. The summed E-state index contributed by atoms with van der Waals surface area (Å²) in [5.74, 6) is -2.69. The van der Waals surface area contributed by atoms with Gasteiger partial charge in [-0.15, -0.1) is 0 Å². The van der Waals surface area contributed by atoms with Crippen LogP contribution in [0.5, 0.6) is 11.5 Å². The number of thiocarbonyl (C=S) groups is 2. The van der Waals surface area contributed by atoms with E-state index in [9.17, 15) is 14.4 Å². The summed E-state index contributed by atoms with van der Waals surface area (Å²) >= 11 is 11.1. The fourth-order valence-electron chi connectivity index (χ4n) is 9.83. The smallest absolute Gasteiger partial charge is 0.358 e. The van der Waals surface area contributed by atoms with Gasteiger partial charge in [0.15, 0.2) is 0 Å². The monoisotopic (exact) mass is 680 g/mol. The fraction of sp³-hybridized carbons (Fsp3) is 0.500. The van der Waals surface area contributed by atoms with E-state index in [-0.39, 0.29) is 22.8 Å². The predicted molar refractivity (Wildman–Crippen MR) is 168 cm³/mol. The lowest BCUT2D eigenvalue weighted by Gasteiger charge is -2.47. The normalized spacial score (nSPS) is 40.4. The molecule has 0 bridgehead atoms. The zero-order valence-electron chi connectivity index (χ0n) is 26.0. The van der Waals surface area contributed by atoms with Gasteiger partial charge in [0.05, 0.1) is 10.8 Å². The number of carbonyl (C=O) groups excluding carboxylic acids is 3. The molecule has 0 N–H and O–H groups in total. The molecule has 2 saturated carbocycles. The molecule has 8 rings (SSSR count). The summed E-state index contributed by atoms with van der Waals surface area (Å²) < 4.78 is 49.5. The van der Waals surface area contributed by atoms with Crippen LogP contribution in [0.3, 0.4) is 0 Å². The maximum atomic E-state index is 14.5. The lowest BCUT2D eigenvalue weighted by atomic mass is 9.51. The van der Waals surface area contributed by atoms with E-state index in [0.29, 0.717) is 17.9 Å². The Morgan fingerprint density at radius 2 is 1.45 bits per heavy atom. The summed E-state index contributed by atoms with van der Waals surface area (Å²) in [6.07, 6.45) is -4.03. The quantitative estimate of drug-likeness (QED) is 0.257. The lowest BCUT2D eigenvalue weighted by Crippen LogP contribution is -2.68.